The van der Waals surface area contributed by atoms with Crippen molar-refractivity contribution in [2.24, 2.45) is 0 Å². The fourth-order valence-corrected chi connectivity index (χ4v) is 5.32. The van der Waals surface area contributed by atoms with Gasteiger partial charge in [0.05, 0.1) is 17.7 Å². The molecule has 1 saturated carbocycles. The smallest absolute Gasteiger partial charge is 0.246 e. The van der Waals surface area contributed by atoms with Gasteiger partial charge in [-0.15, -0.1) is 10.2 Å². The number of ketones is 1. The lowest BCUT2D eigenvalue weighted by Gasteiger charge is -2.34. The van der Waals surface area contributed by atoms with E-state index in [0.29, 0.717) is 34.3 Å². The summed E-state index contributed by atoms with van der Waals surface area (Å²) < 4.78 is 7.27. The third kappa shape index (κ3) is 4.01. The van der Waals surface area contributed by atoms with E-state index >= 15 is 0 Å². The molecule has 2 aliphatic rings. The van der Waals surface area contributed by atoms with E-state index in [0.717, 1.165) is 37.1 Å². The molecule has 0 spiro atoms. The molecule has 4 rings (SSSR count). The van der Waals surface area contributed by atoms with E-state index in [-0.39, 0.29) is 17.6 Å². The number of rotatable bonds is 6. The Kier molecular flexibility index (Phi) is 6.46. The molecule has 164 valence electrons. The molecule has 8 heteroatoms. The summed E-state index contributed by atoms with van der Waals surface area (Å²) in [6.45, 7) is 3.66. The van der Waals surface area contributed by atoms with Crippen LogP contribution in [0.1, 0.15) is 76.1 Å². The molecule has 0 atom stereocenters. The number of ether oxygens (including phenoxy) is 1. The minimum absolute atomic E-state index is 0.0230. The first-order chi connectivity index (χ1) is 15.1. The summed E-state index contributed by atoms with van der Waals surface area (Å²) in [4.78, 5) is 26.8. The molecule has 1 aliphatic heterocycles. The van der Waals surface area contributed by atoms with E-state index in [2.05, 4.69) is 10.2 Å². The van der Waals surface area contributed by atoms with Crippen LogP contribution < -0.4 is 9.75 Å². The first-order valence-corrected chi connectivity index (χ1v) is 11.8. The summed E-state index contributed by atoms with van der Waals surface area (Å²) in [6.07, 6.45) is 6.25. The zero-order valence-corrected chi connectivity index (χ0v) is 19.1. The van der Waals surface area contributed by atoms with Crippen LogP contribution in [0, 0.1) is 0 Å². The molecule has 2 aromatic rings. The largest absolute Gasteiger partial charge is 0.497 e. The highest BCUT2D eigenvalue weighted by molar-refractivity contribution is 8.04. The van der Waals surface area contributed by atoms with Crippen molar-refractivity contribution >= 4 is 29.1 Å². The number of carbonyl (C=O) groups excluding carboxylic acids is 2. The molecule has 0 N–H and O–H groups in total. The number of aromatic nitrogens is 3. The molecule has 0 saturated heterocycles. The van der Waals surface area contributed by atoms with E-state index in [1.165, 1.54) is 18.2 Å². The topological polar surface area (TPSA) is 77.3 Å². The lowest BCUT2D eigenvalue weighted by molar-refractivity contribution is -0.119. The molecule has 31 heavy (non-hydrogen) atoms. The number of methoxy groups -OCH3 is 1. The van der Waals surface area contributed by atoms with Crippen LogP contribution in [0.25, 0.3) is 5.70 Å². The lowest BCUT2D eigenvalue weighted by atomic mass is 9.89. The van der Waals surface area contributed by atoms with Crippen LogP contribution in [-0.2, 0) is 9.59 Å². The van der Waals surface area contributed by atoms with Gasteiger partial charge in [-0.3, -0.25) is 9.59 Å². The highest BCUT2D eigenvalue weighted by Gasteiger charge is 2.38. The van der Waals surface area contributed by atoms with Gasteiger partial charge in [0.2, 0.25) is 11.1 Å². The van der Waals surface area contributed by atoms with E-state index in [4.69, 9.17) is 4.74 Å². The number of benzene rings is 1. The van der Waals surface area contributed by atoms with Crippen LogP contribution in [0.4, 0.5) is 0 Å². The highest BCUT2D eigenvalue weighted by Crippen LogP contribution is 2.43. The Labute approximate surface area is 186 Å². The Morgan fingerprint density at radius 3 is 2.58 bits per heavy atom. The summed E-state index contributed by atoms with van der Waals surface area (Å²) in [5.41, 5.74) is 1.35. The molecular formula is C23H28N4O3S. The van der Waals surface area contributed by atoms with Crippen molar-refractivity contribution in [3.8, 4) is 5.75 Å². The Morgan fingerprint density at radius 2 is 1.90 bits per heavy atom. The molecule has 0 radical (unpaired) electrons. The predicted molar refractivity (Wildman–Crippen MR) is 120 cm³/mol. The second kappa shape index (κ2) is 9.26. The molecule has 1 amide bonds. The predicted octanol–water partition coefficient (Wildman–Crippen LogP) is 4.66. The number of fused-ring (bicyclic) bond motifs is 1. The average molecular weight is 441 g/mol. The Hall–Kier alpha value is -2.61. The number of Topliss-reactive ketones (excluding diaryl/α,β-unsaturated/α-hetero) is 1. The van der Waals surface area contributed by atoms with Gasteiger partial charge < -0.3 is 4.74 Å². The van der Waals surface area contributed by atoms with Crippen molar-refractivity contribution in [1.82, 2.24) is 14.9 Å². The summed E-state index contributed by atoms with van der Waals surface area (Å²) in [5, 5.41) is 11.1. The van der Waals surface area contributed by atoms with Gasteiger partial charge in [-0.1, -0.05) is 45.2 Å². The van der Waals surface area contributed by atoms with Crippen molar-refractivity contribution in [2.75, 3.05) is 12.1 Å². The van der Waals surface area contributed by atoms with Gasteiger partial charge in [-0.25, -0.2) is 9.69 Å². The van der Waals surface area contributed by atoms with Crippen LogP contribution in [0.5, 0.6) is 5.75 Å². The van der Waals surface area contributed by atoms with Gasteiger partial charge in [0.15, 0.2) is 11.6 Å². The molecule has 0 unspecified atom stereocenters. The van der Waals surface area contributed by atoms with E-state index in [1.807, 2.05) is 42.8 Å². The Bertz CT molecular complexity index is 1020. The Balaban J connectivity index is 1.92. The second-order valence-corrected chi connectivity index (χ2v) is 8.81. The van der Waals surface area contributed by atoms with Crippen LogP contribution >= 0.6 is 11.8 Å². The number of thioether (sulfide) groups is 1. The first kappa shape index (κ1) is 21.6. The minimum atomic E-state index is -0.0994. The quantitative estimate of drug-likeness (QED) is 0.650. The van der Waals surface area contributed by atoms with Crippen LogP contribution in [0.3, 0.4) is 0 Å². The Morgan fingerprint density at radius 1 is 1.13 bits per heavy atom. The summed E-state index contributed by atoms with van der Waals surface area (Å²) in [5.74, 6) is 1.62. The van der Waals surface area contributed by atoms with Gasteiger partial charge in [0, 0.05) is 24.3 Å². The van der Waals surface area contributed by atoms with Gasteiger partial charge in [0.25, 0.3) is 0 Å². The zero-order chi connectivity index (χ0) is 22.0. The molecule has 0 bridgehead atoms. The monoisotopic (exact) mass is 440 g/mol. The summed E-state index contributed by atoms with van der Waals surface area (Å²) >= 11 is 1.31. The SMILES string of the molecule is CCC(=O)C1=C(c2cccc(OC)c2)N(C(=O)CC)n2c(nnc2C2CCCCC2)S1. The minimum Gasteiger partial charge on any atom is -0.497 e. The number of hydrogen-bond acceptors (Lipinski definition) is 6. The highest BCUT2D eigenvalue weighted by atomic mass is 32.2. The molecule has 7 nitrogen and oxygen atoms in total. The van der Waals surface area contributed by atoms with Crippen LogP contribution in [-0.4, -0.2) is 33.7 Å². The molecule has 1 aromatic carbocycles. The van der Waals surface area contributed by atoms with Gasteiger partial charge in [-0.05, 0) is 36.7 Å². The van der Waals surface area contributed by atoms with E-state index in [1.54, 1.807) is 12.1 Å². The molecule has 1 aromatic heterocycles. The normalized spacial score (nSPS) is 16.9. The maximum absolute atomic E-state index is 13.3. The third-order valence-electron chi connectivity index (χ3n) is 5.88. The lowest BCUT2D eigenvalue weighted by Crippen LogP contribution is -2.43. The zero-order valence-electron chi connectivity index (χ0n) is 18.3. The van der Waals surface area contributed by atoms with Crippen molar-refractivity contribution in [1.29, 1.82) is 0 Å². The standard InChI is InChI=1S/C23H28N4O3S/c1-4-18(28)21-20(16-12-9-13-17(14-16)30-3)26(19(29)5-2)27-22(24-25-23(27)31-21)15-10-7-6-8-11-15/h9,12-15H,4-8,10-11H2,1-3H3. The summed E-state index contributed by atoms with van der Waals surface area (Å²) in [6, 6.07) is 7.50. The maximum atomic E-state index is 13.3. The molecular weight excluding hydrogens is 412 g/mol. The van der Waals surface area contributed by atoms with Crippen LogP contribution in [0.2, 0.25) is 0 Å². The number of amides is 1. The molecule has 1 fully saturated rings. The third-order valence-corrected chi connectivity index (χ3v) is 6.95. The van der Waals surface area contributed by atoms with Crippen molar-refractivity contribution < 1.29 is 14.3 Å². The number of nitrogens with zero attached hydrogens (tertiary/aromatic N) is 4. The van der Waals surface area contributed by atoms with Gasteiger partial charge >= 0.3 is 0 Å². The van der Waals surface area contributed by atoms with Crippen molar-refractivity contribution in [2.45, 2.75) is 69.9 Å². The molecule has 2 heterocycles. The van der Waals surface area contributed by atoms with E-state index in [9.17, 15) is 9.59 Å². The first-order valence-electron chi connectivity index (χ1n) is 11.0. The van der Waals surface area contributed by atoms with Gasteiger partial charge in [-0.2, -0.15) is 0 Å². The summed E-state index contributed by atoms with van der Waals surface area (Å²) in [7, 11) is 1.61. The van der Waals surface area contributed by atoms with Crippen molar-refractivity contribution in [3.63, 3.8) is 0 Å². The second-order valence-electron chi connectivity index (χ2n) is 7.84. The molecule has 1 aliphatic carbocycles. The number of carbonyl (C=O) groups is 2. The number of allylic oxidation sites excluding steroid dienone is 1. The van der Waals surface area contributed by atoms with Crippen LogP contribution in [0.15, 0.2) is 34.3 Å². The maximum Gasteiger partial charge on any atom is 0.246 e. The van der Waals surface area contributed by atoms with E-state index < -0.39 is 0 Å². The fraction of sp³-hybridized carbons (Fsp3) is 0.478. The van der Waals surface area contributed by atoms with Gasteiger partial charge in [0.1, 0.15) is 5.75 Å². The van der Waals surface area contributed by atoms with Crippen molar-refractivity contribution in [3.05, 3.63) is 40.6 Å². The number of hydrogen-bond donors (Lipinski definition) is 0. The average Bonchev–Trinajstić information content (AvgIpc) is 3.26. The fourth-order valence-electron chi connectivity index (χ4n) is 4.24.